The van der Waals surface area contributed by atoms with Crippen molar-refractivity contribution in [3.05, 3.63) is 80.7 Å². The van der Waals surface area contributed by atoms with Gasteiger partial charge in [-0.25, -0.2) is 19.1 Å². The zero-order chi connectivity index (χ0) is 29.3. The molecule has 0 spiro atoms. The molecule has 1 amide bonds. The lowest BCUT2D eigenvalue weighted by molar-refractivity contribution is -0.207. The predicted molar refractivity (Wildman–Crippen MR) is 144 cm³/mol. The van der Waals surface area contributed by atoms with Crippen molar-refractivity contribution in [2.45, 2.75) is 38.2 Å². The smallest absolute Gasteiger partial charge is 0.382 e. The van der Waals surface area contributed by atoms with E-state index in [1.807, 2.05) is 0 Å². The standard InChI is InChI=1S/C26H24Cl2F3N7O3/c27-18-7-5-17(6-8-18)24-34-37(25(41)36(24)13-21(40)26(29,30)31)14-22-32-23(11-16-9-10-35(12-16)15-39)38(33-22)20-4-2-1-3-19(20)28/h1-8,15-16,21,40H,9-14H2/t16?,21-/m0/s1. The Morgan fingerprint density at radius 2 is 1.83 bits per heavy atom. The number of rotatable bonds is 9. The highest BCUT2D eigenvalue weighted by Gasteiger charge is 2.39. The number of aromatic nitrogens is 6. The van der Waals surface area contributed by atoms with Crippen molar-refractivity contribution in [2.24, 2.45) is 5.92 Å². The van der Waals surface area contributed by atoms with Crippen LogP contribution in [0.1, 0.15) is 18.1 Å². The summed E-state index contributed by atoms with van der Waals surface area (Å²) in [6, 6.07) is 13.1. The topological polar surface area (TPSA) is 111 Å². The van der Waals surface area contributed by atoms with E-state index in [4.69, 9.17) is 23.2 Å². The van der Waals surface area contributed by atoms with Crippen LogP contribution in [0.25, 0.3) is 17.1 Å². The Bertz CT molecular complexity index is 1600. The van der Waals surface area contributed by atoms with Crippen molar-refractivity contribution in [2.75, 3.05) is 13.1 Å². The fraction of sp³-hybridized carbons (Fsp3) is 0.346. The number of para-hydroxylation sites is 1. The maximum absolute atomic E-state index is 13.3. The van der Waals surface area contributed by atoms with Crippen molar-refractivity contribution < 1.29 is 23.1 Å². The van der Waals surface area contributed by atoms with Crippen molar-refractivity contribution in [3.8, 4) is 17.1 Å². The SMILES string of the molecule is O=CN1CCC(Cc2nc(Cn3nc(-c4ccc(Cl)cc4)n(C[C@H](O)C(F)(F)F)c3=O)nn2-c2ccccc2Cl)C1. The van der Waals surface area contributed by atoms with Crippen molar-refractivity contribution in [1.82, 2.24) is 34.0 Å². The van der Waals surface area contributed by atoms with E-state index in [-0.39, 0.29) is 24.1 Å². The molecule has 5 rings (SSSR count). The molecule has 0 aliphatic carbocycles. The van der Waals surface area contributed by atoms with Gasteiger partial charge in [0.05, 0.1) is 17.3 Å². The van der Waals surface area contributed by atoms with Crippen LogP contribution in [0, 0.1) is 5.92 Å². The molecule has 41 heavy (non-hydrogen) atoms. The predicted octanol–water partition coefficient (Wildman–Crippen LogP) is 3.59. The third-order valence-corrected chi connectivity index (χ3v) is 7.36. The third kappa shape index (κ3) is 6.31. The van der Waals surface area contributed by atoms with Crippen LogP contribution in [0.2, 0.25) is 10.0 Å². The fourth-order valence-electron chi connectivity index (χ4n) is 4.72. The van der Waals surface area contributed by atoms with Crippen LogP contribution in [-0.4, -0.2) is 70.9 Å². The highest BCUT2D eigenvalue weighted by atomic mass is 35.5. The van der Waals surface area contributed by atoms with E-state index in [0.29, 0.717) is 46.6 Å². The molecule has 0 saturated carbocycles. The van der Waals surface area contributed by atoms with Gasteiger partial charge in [0.25, 0.3) is 0 Å². The number of hydrogen-bond acceptors (Lipinski definition) is 6. The maximum Gasteiger partial charge on any atom is 0.416 e. The Balaban J connectivity index is 1.53. The number of aliphatic hydroxyl groups excluding tert-OH is 1. The highest BCUT2D eigenvalue weighted by Crippen LogP contribution is 2.26. The first-order valence-electron chi connectivity index (χ1n) is 12.6. The molecule has 2 aromatic heterocycles. The molecule has 15 heteroatoms. The van der Waals surface area contributed by atoms with Crippen molar-refractivity contribution in [3.63, 3.8) is 0 Å². The molecule has 1 saturated heterocycles. The second-order valence-corrected chi connectivity index (χ2v) is 10.5. The summed E-state index contributed by atoms with van der Waals surface area (Å²) in [4.78, 5) is 30.8. The number of halogens is 5. The second kappa shape index (κ2) is 11.7. The van der Waals surface area contributed by atoms with Crippen LogP contribution in [0.15, 0.2) is 53.3 Å². The van der Waals surface area contributed by atoms with Gasteiger partial charge in [0, 0.05) is 30.1 Å². The molecule has 0 bridgehead atoms. The summed E-state index contributed by atoms with van der Waals surface area (Å²) in [6.45, 7) is -0.124. The zero-order valence-electron chi connectivity index (χ0n) is 21.4. The summed E-state index contributed by atoms with van der Waals surface area (Å²) in [5.41, 5.74) is 0.00309. The number of alkyl halides is 3. The molecule has 1 N–H and O–H groups in total. The molecular formula is C26H24Cl2F3N7O3. The largest absolute Gasteiger partial charge is 0.416 e. The Kier molecular flexibility index (Phi) is 8.20. The van der Waals surface area contributed by atoms with Gasteiger partial charge in [-0.2, -0.15) is 13.2 Å². The molecule has 2 aromatic carbocycles. The van der Waals surface area contributed by atoms with Crippen LogP contribution in [0.4, 0.5) is 13.2 Å². The first kappa shape index (κ1) is 28.8. The van der Waals surface area contributed by atoms with Gasteiger partial charge in [-0.1, -0.05) is 35.3 Å². The number of amides is 1. The van der Waals surface area contributed by atoms with Gasteiger partial charge in [0.1, 0.15) is 12.4 Å². The van der Waals surface area contributed by atoms with E-state index in [1.165, 1.54) is 24.3 Å². The number of carbonyl (C=O) groups is 1. The molecule has 2 atom stereocenters. The summed E-state index contributed by atoms with van der Waals surface area (Å²) in [7, 11) is 0. The van der Waals surface area contributed by atoms with E-state index in [1.54, 1.807) is 33.8 Å². The second-order valence-electron chi connectivity index (χ2n) is 9.71. The Morgan fingerprint density at radius 1 is 1.10 bits per heavy atom. The minimum absolute atomic E-state index is 0.0827. The molecule has 4 aromatic rings. The van der Waals surface area contributed by atoms with Crippen molar-refractivity contribution >= 4 is 29.6 Å². The molecule has 3 heterocycles. The summed E-state index contributed by atoms with van der Waals surface area (Å²) in [6.07, 6.45) is -5.67. The minimum atomic E-state index is -4.94. The van der Waals surface area contributed by atoms with Crippen LogP contribution in [0.5, 0.6) is 0 Å². The molecule has 1 aliphatic rings. The van der Waals surface area contributed by atoms with Crippen molar-refractivity contribution in [1.29, 1.82) is 0 Å². The summed E-state index contributed by atoms with van der Waals surface area (Å²) in [5, 5.41) is 19.4. The van der Waals surface area contributed by atoms with Gasteiger partial charge in [-0.15, -0.1) is 10.2 Å². The van der Waals surface area contributed by atoms with Crippen LogP contribution < -0.4 is 5.69 Å². The van der Waals surface area contributed by atoms with E-state index in [2.05, 4.69) is 15.2 Å². The maximum atomic E-state index is 13.3. The van der Waals surface area contributed by atoms with Crippen LogP contribution in [0.3, 0.4) is 0 Å². The number of hydrogen-bond donors (Lipinski definition) is 1. The third-order valence-electron chi connectivity index (χ3n) is 6.79. The van der Waals surface area contributed by atoms with Gasteiger partial charge < -0.3 is 10.0 Å². The molecule has 216 valence electrons. The number of likely N-dealkylation sites (tertiary alicyclic amines) is 1. The molecule has 1 aliphatic heterocycles. The minimum Gasteiger partial charge on any atom is -0.382 e. The van der Waals surface area contributed by atoms with Crippen LogP contribution >= 0.6 is 23.2 Å². The Hall–Kier alpha value is -3.68. The van der Waals surface area contributed by atoms with Gasteiger partial charge in [-0.3, -0.25) is 9.36 Å². The van der Waals surface area contributed by atoms with E-state index >= 15 is 0 Å². The average molecular weight is 610 g/mol. The zero-order valence-corrected chi connectivity index (χ0v) is 22.9. The molecule has 10 nitrogen and oxygen atoms in total. The van der Waals surface area contributed by atoms with Gasteiger partial charge in [0.15, 0.2) is 17.8 Å². The lowest BCUT2D eigenvalue weighted by Crippen LogP contribution is -2.37. The molecule has 1 unspecified atom stereocenters. The van der Waals surface area contributed by atoms with Gasteiger partial charge >= 0.3 is 11.9 Å². The monoisotopic (exact) mass is 609 g/mol. The molecule has 0 radical (unpaired) electrons. The first-order valence-corrected chi connectivity index (χ1v) is 13.4. The number of carbonyl (C=O) groups excluding carboxylic acids is 1. The summed E-state index contributed by atoms with van der Waals surface area (Å²) in [5.74, 6) is 0.765. The van der Waals surface area contributed by atoms with E-state index in [0.717, 1.165) is 22.1 Å². The van der Waals surface area contributed by atoms with Gasteiger partial charge in [-0.05, 0) is 48.7 Å². The Labute approximate surface area is 241 Å². The fourth-order valence-corrected chi connectivity index (χ4v) is 5.06. The Morgan fingerprint density at radius 3 is 2.49 bits per heavy atom. The lowest BCUT2D eigenvalue weighted by atomic mass is 10.0. The quantitative estimate of drug-likeness (QED) is 0.290. The highest BCUT2D eigenvalue weighted by molar-refractivity contribution is 6.32. The first-order chi connectivity index (χ1) is 19.5. The molecular weight excluding hydrogens is 586 g/mol. The molecule has 1 fully saturated rings. The normalized spacial score (nSPS) is 16.3. The van der Waals surface area contributed by atoms with Gasteiger partial charge in [0.2, 0.25) is 6.41 Å². The summed E-state index contributed by atoms with van der Waals surface area (Å²) < 4.78 is 42.9. The van der Waals surface area contributed by atoms with E-state index in [9.17, 15) is 27.9 Å². The summed E-state index contributed by atoms with van der Waals surface area (Å²) >= 11 is 12.4. The lowest BCUT2D eigenvalue weighted by Gasteiger charge is -2.15. The number of aliphatic hydroxyl groups is 1. The van der Waals surface area contributed by atoms with E-state index < -0.39 is 24.5 Å². The average Bonchev–Trinajstić information content (AvgIpc) is 3.63. The van der Waals surface area contributed by atoms with Crippen LogP contribution in [-0.2, 0) is 24.3 Å². The number of benzene rings is 2. The number of nitrogens with zero attached hydrogens (tertiary/aromatic N) is 7.